The molecule has 3 aromatic rings. The zero-order valence-electron chi connectivity index (χ0n) is 17.0. The highest BCUT2D eigenvalue weighted by Crippen LogP contribution is 2.20. The molecule has 0 spiro atoms. The van der Waals surface area contributed by atoms with Crippen LogP contribution in [0.1, 0.15) is 11.1 Å². The summed E-state index contributed by atoms with van der Waals surface area (Å²) in [5.41, 5.74) is 1.82. The Morgan fingerprint density at radius 2 is 1.58 bits per heavy atom. The van der Waals surface area contributed by atoms with Crippen molar-refractivity contribution < 1.29 is 17.9 Å². The molecule has 0 aliphatic heterocycles. The Bertz CT molecular complexity index is 1100. The Labute approximate surface area is 187 Å². The van der Waals surface area contributed by atoms with Crippen molar-refractivity contribution in [2.45, 2.75) is 18.0 Å². The van der Waals surface area contributed by atoms with E-state index in [4.69, 9.17) is 16.3 Å². The molecule has 6 nitrogen and oxygen atoms in total. The van der Waals surface area contributed by atoms with E-state index in [2.05, 4.69) is 5.32 Å². The van der Waals surface area contributed by atoms with Crippen LogP contribution in [0.4, 0.5) is 0 Å². The summed E-state index contributed by atoms with van der Waals surface area (Å²) in [4.78, 5) is 12.1. The number of nitrogens with zero attached hydrogens (tertiary/aromatic N) is 1. The van der Waals surface area contributed by atoms with Gasteiger partial charge in [0.05, 0.1) is 4.90 Å². The number of nitrogens with one attached hydrogen (secondary N) is 1. The quantitative estimate of drug-likeness (QED) is 0.528. The predicted molar refractivity (Wildman–Crippen MR) is 120 cm³/mol. The van der Waals surface area contributed by atoms with E-state index in [1.54, 1.807) is 12.1 Å². The summed E-state index contributed by atoms with van der Waals surface area (Å²) >= 11 is 5.84. The summed E-state index contributed by atoms with van der Waals surface area (Å²) in [6.07, 6.45) is 0. The molecular formula is C23H23ClN2O4S. The number of sulfonamides is 1. The molecule has 3 aromatic carbocycles. The molecule has 0 radical (unpaired) electrons. The monoisotopic (exact) mass is 458 g/mol. The van der Waals surface area contributed by atoms with Crippen molar-refractivity contribution in [1.82, 2.24) is 9.62 Å². The summed E-state index contributed by atoms with van der Waals surface area (Å²) in [6, 6.07) is 22.6. The molecule has 0 aromatic heterocycles. The molecule has 0 atom stereocenters. The topological polar surface area (TPSA) is 75.7 Å². The Morgan fingerprint density at radius 1 is 0.935 bits per heavy atom. The zero-order valence-corrected chi connectivity index (χ0v) is 18.6. The highest BCUT2D eigenvalue weighted by Gasteiger charge is 2.21. The average Bonchev–Trinajstić information content (AvgIpc) is 2.78. The van der Waals surface area contributed by atoms with Crippen molar-refractivity contribution in [3.63, 3.8) is 0 Å². The highest BCUT2D eigenvalue weighted by molar-refractivity contribution is 7.89. The minimum absolute atomic E-state index is 0.158. The number of halogens is 1. The molecule has 1 amide bonds. The van der Waals surface area contributed by atoms with Gasteiger partial charge < -0.3 is 10.1 Å². The first-order chi connectivity index (χ1) is 14.8. The lowest BCUT2D eigenvalue weighted by Gasteiger charge is -2.17. The van der Waals surface area contributed by atoms with Crippen LogP contribution in [0.2, 0.25) is 5.02 Å². The first kappa shape index (κ1) is 22.8. The third-order valence-corrected chi connectivity index (χ3v) is 6.62. The number of hydrogen-bond donors (Lipinski definition) is 1. The SMILES string of the molecule is CN(Cc1ccccc1)S(=O)(=O)c1ccc(OCC(=O)NCc2ccc(Cl)cc2)cc1. The fourth-order valence-corrected chi connectivity index (χ4v) is 4.10. The third-order valence-electron chi connectivity index (χ3n) is 4.55. The lowest BCUT2D eigenvalue weighted by atomic mass is 10.2. The van der Waals surface area contributed by atoms with E-state index in [1.165, 1.54) is 35.6 Å². The second-order valence-corrected chi connectivity index (χ2v) is 9.39. The third kappa shape index (κ3) is 6.55. The maximum absolute atomic E-state index is 12.8. The van der Waals surface area contributed by atoms with Crippen molar-refractivity contribution >= 4 is 27.5 Å². The number of carbonyl (C=O) groups is 1. The fraction of sp³-hybridized carbons (Fsp3) is 0.174. The second kappa shape index (κ2) is 10.4. The van der Waals surface area contributed by atoms with Gasteiger partial charge in [0.1, 0.15) is 5.75 Å². The van der Waals surface area contributed by atoms with E-state index in [9.17, 15) is 13.2 Å². The predicted octanol–water partition coefficient (Wildman–Crippen LogP) is 3.86. The van der Waals surface area contributed by atoms with Crippen molar-refractivity contribution in [3.05, 3.63) is 95.0 Å². The molecule has 162 valence electrons. The average molecular weight is 459 g/mol. The minimum Gasteiger partial charge on any atom is -0.484 e. The molecule has 31 heavy (non-hydrogen) atoms. The van der Waals surface area contributed by atoms with Gasteiger partial charge in [-0.2, -0.15) is 4.31 Å². The second-order valence-electron chi connectivity index (χ2n) is 6.91. The molecule has 0 heterocycles. The molecule has 0 fully saturated rings. The maximum atomic E-state index is 12.8. The first-order valence-electron chi connectivity index (χ1n) is 9.59. The van der Waals surface area contributed by atoms with Crippen LogP contribution in [-0.4, -0.2) is 32.3 Å². The van der Waals surface area contributed by atoms with Crippen LogP contribution in [-0.2, 0) is 27.9 Å². The summed E-state index contributed by atoms with van der Waals surface area (Å²) in [5, 5.41) is 3.39. The van der Waals surface area contributed by atoms with Gasteiger partial charge in [-0.25, -0.2) is 8.42 Å². The molecule has 0 saturated carbocycles. The molecule has 1 N–H and O–H groups in total. The number of hydrogen-bond acceptors (Lipinski definition) is 4. The number of ether oxygens (including phenoxy) is 1. The van der Waals surface area contributed by atoms with E-state index in [0.717, 1.165) is 11.1 Å². The Balaban J connectivity index is 1.52. The molecule has 0 unspecified atom stereocenters. The number of carbonyl (C=O) groups excluding carboxylic acids is 1. The van der Waals surface area contributed by atoms with Crippen molar-refractivity contribution in [3.8, 4) is 5.75 Å². The lowest BCUT2D eigenvalue weighted by molar-refractivity contribution is -0.123. The van der Waals surface area contributed by atoms with Gasteiger partial charge in [-0.3, -0.25) is 4.79 Å². The summed E-state index contributed by atoms with van der Waals surface area (Å²) in [5.74, 6) is 0.126. The molecule has 3 rings (SSSR count). The number of benzene rings is 3. The van der Waals surface area contributed by atoms with E-state index >= 15 is 0 Å². The number of rotatable bonds is 9. The normalized spacial score (nSPS) is 11.3. The highest BCUT2D eigenvalue weighted by atomic mass is 35.5. The van der Waals surface area contributed by atoms with Gasteiger partial charge in [0, 0.05) is 25.2 Å². The van der Waals surface area contributed by atoms with Crippen LogP contribution in [0.15, 0.2) is 83.8 Å². The summed E-state index contributed by atoms with van der Waals surface area (Å²) in [7, 11) is -2.10. The van der Waals surface area contributed by atoms with E-state index in [-0.39, 0.29) is 24.0 Å². The van der Waals surface area contributed by atoms with Gasteiger partial charge in [-0.05, 0) is 47.5 Å². The Kier molecular flexibility index (Phi) is 7.68. The van der Waals surface area contributed by atoms with Gasteiger partial charge in [-0.1, -0.05) is 54.1 Å². The van der Waals surface area contributed by atoms with Gasteiger partial charge >= 0.3 is 0 Å². The number of amides is 1. The molecule has 0 saturated heterocycles. The van der Waals surface area contributed by atoms with Crippen LogP contribution in [0.5, 0.6) is 5.75 Å². The minimum atomic E-state index is -3.64. The largest absolute Gasteiger partial charge is 0.484 e. The Hall–Kier alpha value is -2.87. The fourth-order valence-electron chi connectivity index (χ4n) is 2.82. The molecule has 8 heteroatoms. The molecule has 0 aliphatic rings. The smallest absolute Gasteiger partial charge is 0.258 e. The summed E-state index contributed by atoms with van der Waals surface area (Å²) < 4.78 is 32.3. The van der Waals surface area contributed by atoms with Gasteiger partial charge in [0.2, 0.25) is 10.0 Å². The zero-order chi connectivity index (χ0) is 22.3. The van der Waals surface area contributed by atoms with E-state index in [0.29, 0.717) is 17.3 Å². The van der Waals surface area contributed by atoms with Crippen molar-refractivity contribution in [2.75, 3.05) is 13.7 Å². The first-order valence-corrected chi connectivity index (χ1v) is 11.4. The van der Waals surface area contributed by atoms with Crippen LogP contribution >= 0.6 is 11.6 Å². The maximum Gasteiger partial charge on any atom is 0.258 e. The summed E-state index contributed by atoms with van der Waals surface area (Å²) in [6.45, 7) is 0.465. The van der Waals surface area contributed by atoms with Gasteiger partial charge in [0.15, 0.2) is 6.61 Å². The van der Waals surface area contributed by atoms with Gasteiger partial charge in [0.25, 0.3) is 5.91 Å². The van der Waals surface area contributed by atoms with E-state index in [1.807, 2.05) is 42.5 Å². The van der Waals surface area contributed by atoms with Crippen molar-refractivity contribution in [2.24, 2.45) is 0 Å². The van der Waals surface area contributed by atoms with Crippen LogP contribution in [0, 0.1) is 0 Å². The van der Waals surface area contributed by atoms with Crippen LogP contribution in [0.3, 0.4) is 0 Å². The van der Waals surface area contributed by atoms with Crippen LogP contribution in [0.25, 0.3) is 0 Å². The van der Waals surface area contributed by atoms with E-state index < -0.39 is 10.0 Å². The Morgan fingerprint density at radius 3 is 2.23 bits per heavy atom. The molecular weight excluding hydrogens is 436 g/mol. The van der Waals surface area contributed by atoms with Crippen LogP contribution < -0.4 is 10.1 Å². The van der Waals surface area contributed by atoms with Crippen molar-refractivity contribution in [1.29, 1.82) is 0 Å². The molecule has 0 bridgehead atoms. The standard InChI is InChI=1S/C23H23ClN2O4S/c1-26(16-19-5-3-2-4-6-19)31(28,29)22-13-11-21(12-14-22)30-17-23(27)25-15-18-7-9-20(24)10-8-18/h2-14H,15-17H2,1H3,(H,25,27). The molecule has 0 aliphatic carbocycles. The van der Waals surface area contributed by atoms with Gasteiger partial charge in [-0.15, -0.1) is 0 Å². The lowest BCUT2D eigenvalue weighted by Crippen LogP contribution is -2.28.